The molecular weight excluding hydrogens is 196 g/mol. The second-order valence-electron chi connectivity index (χ2n) is 5.45. The lowest BCUT2D eigenvalue weighted by Crippen LogP contribution is -2.45. The number of hydrogen-bond acceptors (Lipinski definition) is 2. The molecule has 16 heavy (non-hydrogen) atoms. The fourth-order valence-corrected chi connectivity index (χ4v) is 3.12. The highest BCUT2D eigenvalue weighted by molar-refractivity contribution is 4.83. The van der Waals surface area contributed by atoms with Crippen molar-refractivity contribution in [2.24, 2.45) is 17.6 Å². The zero-order chi connectivity index (χ0) is 12.0. The number of rotatable bonds is 6. The third-order valence-corrected chi connectivity index (χ3v) is 4.22. The average Bonchev–Trinajstić information content (AvgIpc) is 2.35. The Labute approximate surface area is 102 Å². The predicted octanol–water partition coefficient (Wildman–Crippen LogP) is 2.87. The second-order valence-corrected chi connectivity index (χ2v) is 5.45. The summed E-state index contributed by atoms with van der Waals surface area (Å²) >= 11 is 0. The zero-order valence-corrected chi connectivity index (χ0v) is 11.4. The molecule has 0 saturated heterocycles. The van der Waals surface area contributed by atoms with Crippen LogP contribution in [0.5, 0.6) is 0 Å². The summed E-state index contributed by atoms with van der Waals surface area (Å²) < 4.78 is 0. The first-order chi connectivity index (χ1) is 7.72. The van der Waals surface area contributed by atoms with E-state index in [0.29, 0.717) is 5.92 Å². The monoisotopic (exact) mass is 226 g/mol. The summed E-state index contributed by atoms with van der Waals surface area (Å²) in [4.78, 5) is 2.69. The first-order valence-corrected chi connectivity index (χ1v) is 7.17. The van der Waals surface area contributed by atoms with E-state index in [2.05, 4.69) is 25.7 Å². The lowest BCUT2D eigenvalue weighted by Gasteiger charge is -2.40. The molecular formula is C14H30N2. The summed E-state index contributed by atoms with van der Waals surface area (Å²) in [5, 5.41) is 0. The van der Waals surface area contributed by atoms with E-state index in [-0.39, 0.29) is 0 Å². The van der Waals surface area contributed by atoms with Crippen LogP contribution in [-0.2, 0) is 0 Å². The van der Waals surface area contributed by atoms with Crippen molar-refractivity contribution >= 4 is 0 Å². The van der Waals surface area contributed by atoms with Crippen LogP contribution in [0.15, 0.2) is 0 Å². The molecule has 2 N–H and O–H groups in total. The van der Waals surface area contributed by atoms with E-state index >= 15 is 0 Å². The van der Waals surface area contributed by atoms with E-state index in [1.807, 2.05) is 0 Å². The van der Waals surface area contributed by atoms with Gasteiger partial charge < -0.3 is 10.6 Å². The second kappa shape index (κ2) is 7.29. The Morgan fingerprint density at radius 2 is 1.94 bits per heavy atom. The third kappa shape index (κ3) is 3.74. The molecule has 3 atom stereocenters. The van der Waals surface area contributed by atoms with E-state index in [9.17, 15) is 0 Å². The number of hydrogen-bond donors (Lipinski definition) is 1. The molecule has 1 rings (SSSR count). The number of nitrogens with zero attached hydrogens (tertiary/aromatic N) is 1. The largest absolute Gasteiger partial charge is 0.330 e. The van der Waals surface area contributed by atoms with Gasteiger partial charge in [0, 0.05) is 12.6 Å². The SMILES string of the molecule is CCC1CCCCC1N(CC)CC(C)CN. The van der Waals surface area contributed by atoms with E-state index < -0.39 is 0 Å². The third-order valence-electron chi connectivity index (χ3n) is 4.22. The van der Waals surface area contributed by atoms with Gasteiger partial charge in [-0.25, -0.2) is 0 Å². The molecule has 1 aliphatic carbocycles. The minimum atomic E-state index is 0.638. The highest BCUT2D eigenvalue weighted by Crippen LogP contribution is 2.30. The summed E-state index contributed by atoms with van der Waals surface area (Å²) in [5.41, 5.74) is 5.75. The van der Waals surface area contributed by atoms with Crippen molar-refractivity contribution in [3.8, 4) is 0 Å². The maximum absolute atomic E-state index is 5.75. The van der Waals surface area contributed by atoms with Gasteiger partial charge in [0.1, 0.15) is 0 Å². The molecule has 3 unspecified atom stereocenters. The Kier molecular flexibility index (Phi) is 6.37. The summed E-state index contributed by atoms with van der Waals surface area (Å²) in [5.74, 6) is 1.57. The molecule has 1 saturated carbocycles. The zero-order valence-electron chi connectivity index (χ0n) is 11.4. The van der Waals surface area contributed by atoms with Crippen LogP contribution in [0.4, 0.5) is 0 Å². The van der Waals surface area contributed by atoms with E-state index in [1.54, 1.807) is 0 Å². The predicted molar refractivity (Wildman–Crippen MR) is 71.5 cm³/mol. The first kappa shape index (κ1) is 14.0. The summed E-state index contributed by atoms with van der Waals surface area (Å²) in [6.45, 7) is 10.1. The molecule has 0 heterocycles. The molecule has 0 bridgehead atoms. The van der Waals surface area contributed by atoms with Crippen LogP contribution in [0.3, 0.4) is 0 Å². The molecule has 1 fully saturated rings. The van der Waals surface area contributed by atoms with Crippen molar-refractivity contribution in [3.63, 3.8) is 0 Å². The maximum atomic E-state index is 5.75. The van der Waals surface area contributed by atoms with Crippen LogP contribution in [0.2, 0.25) is 0 Å². The van der Waals surface area contributed by atoms with E-state index in [1.165, 1.54) is 45.2 Å². The Balaban J connectivity index is 2.54. The van der Waals surface area contributed by atoms with Crippen molar-refractivity contribution in [1.29, 1.82) is 0 Å². The quantitative estimate of drug-likeness (QED) is 0.754. The maximum Gasteiger partial charge on any atom is 0.0123 e. The molecule has 0 aromatic carbocycles. The van der Waals surface area contributed by atoms with Crippen LogP contribution in [0.25, 0.3) is 0 Å². The molecule has 1 aliphatic rings. The molecule has 0 radical (unpaired) electrons. The Bertz CT molecular complexity index is 182. The van der Waals surface area contributed by atoms with Crippen molar-refractivity contribution < 1.29 is 0 Å². The Morgan fingerprint density at radius 1 is 1.25 bits per heavy atom. The molecule has 96 valence electrons. The topological polar surface area (TPSA) is 29.3 Å². The van der Waals surface area contributed by atoms with Crippen molar-refractivity contribution in [1.82, 2.24) is 4.90 Å². The Hall–Kier alpha value is -0.0800. The standard InChI is InChI=1S/C14H30N2/c1-4-13-8-6-7-9-14(13)16(5-2)11-12(3)10-15/h12-14H,4-11,15H2,1-3H3. The van der Waals surface area contributed by atoms with Gasteiger partial charge in [-0.3, -0.25) is 0 Å². The molecule has 0 aliphatic heterocycles. The summed E-state index contributed by atoms with van der Waals surface area (Å²) in [6.07, 6.45) is 7.06. The minimum Gasteiger partial charge on any atom is -0.330 e. The van der Waals surface area contributed by atoms with E-state index in [0.717, 1.165) is 18.5 Å². The van der Waals surface area contributed by atoms with Gasteiger partial charge >= 0.3 is 0 Å². The van der Waals surface area contributed by atoms with Crippen molar-refractivity contribution in [2.75, 3.05) is 19.6 Å². The van der Waals surface area contributed by atoms with Crippen LogP contribution >= 0.6 is 0 Å². The van der Waals surface area contributed by atoms with E-state index in [4.69, 9.17) is 5.73 Å². The van der Waals surface area contributed by atoms with Crippen molar-refractivity contribution in [3.05, 3.63) is 0 Å². The fourth-order valence-electron chi connectivity index (χ4n) is 3.12. The lowest BCUT2D eigenvalue weighted by atomic mass is 9.81. The molecule has 0 spiro atoms. The molecule has 2 nitrogen and oxygen atoms in total. The van der Waals surface area contributed by atoms with Crippen LogP contribution in [-0.4, -0.2) is 30.6 Å². The van der Waals surface area contributed by atoms with Gasteiger partial charge in [0.05, 0.1) is 0 Å². The highest BCUT2D eigenvalue weighted by atomic mass is 15.2. The average molecular weight is 226 g/mol. The van der Waals surface area contributed by atoms with Crippen molar-refractivity contribution in [2.45, 2.75) is 58.9 Å². The van der Waals surface area contributed by atoms with Gasteiger partial charge in [-0.1, -0.05) is 40.0 Å². The molecule has 0 aromatic heterocycles. The fraction of sp³-hybridized carbons (Fsp3) is 1.00. The van der Waals surface area contributed by atoms with Gasteiger partial charge in [-0.15, -0.1) is 0 Å². The highest BCUT2D eigenvalue weighted by Gasteiger charge is 2.28. The summed E-state index contributed by atoms with van der Waals surface area (Å²) in [6, 6.07) is 0.831. The number of nitrogens with two attached hydrogens (primary N) is 1. The normalized spacial score (nSPS) is 28.3. The van der Waals surface area contributed by atoms with Gasteiger partial charge in [0.25, 0.3) is 0 Å². The lowest BCUT2D eigenvalue weighted by molar-refractivity contribution is 0.0935. The van der Waals surface area contributed by atoms with Crippen LogP contribution in [0.1, 0.15) is 52.9 Å². The molecule has 2 heteroatoms. The van der Waals surface area contributed by atoms with Gasteiger partial charge in [-0.2, -0.15) is 0 Å². The minimum absolute atomic E-state index is 0.638. The van der Waals surface area contributed by atoms with Gasteiger partial charge in [-0.05, 0) is 37.8 Å². The van der Waals surface area contributed by atoms with Gasteiger partial charge in [0.2, 0.25) is 0 Å². The summed E-state index contributed by atoms with van der Waals surface area (Å²) in [7, 11) is 0. The van der Waals surface area contributed by atoms with Crippen LogP contribution in [0, 0.1) is 11.8 Å². The van der Waals surface area contributed by atoms with Gasteiger partial charge in [0.15, 0.2) is 0 Å². The first-order valence-electron chi connectivity index (χ1n) is 7.17. The Morgan fingerprint density at radius 3 is 2.50 bits per heavy atom. The smallest absolute Gasteiger partial charge is 0.0123 e. The molecule has 0 aromatic rings. The molecule has 0 amide bonds. The van der Waals surface area contributed by atoms with Crippen LogP contribution < -0.4 is 5.73 Å².